The average Bonchev–Trinajstić information content (AvgIpc) is 2.29. The number of halogens is 4. The van der Waals surface area contributed by atoms with Crippen molar-refractivity contribution in [1.82, 2.24) is 4.90 Å². The monoisotopic (exact) mass is 338 g/mol. The largest absolute Gasteiger partial charge is 0.406 e. The van der Waals surface area contributed by atoms with Crippen LogP contribution in [-0.2, 0) is 0 Å². The van der Waals surface area contributed by atoms with Crippen molar-refractivity contribution in [2.24, 2.45) is 0 Å². The topological polar surface area (TPSA) is 46.3 Å². The highest BCUT2D eigenvalue weighted by atomic mass is 79.9. The first-order valence-corrected chi connectivity index (χ1v) is 6.45. The molecule has 0 aliphatic carbocycles. The number of amides is 1. The number of alkyl halides is 3. The number of anilines is 1. The van der Waals surface area contributed by atoms with Gasteiger partial charge in [-0.15, -0.1) is 0 Å². The standard InChI is InChI=1S/C12H14BrF3N2O/c1-2-5-18(7-12(14,15)16)11(19)9-6-8(13)3-4-10(9)17/h3-4,6H,2,5,7,17H2,1H3. The molecule has 0 heterocycles. The van der Waals surface area contributed by atoms with E-state index in [1.165, 1.54) is 12.1 Å². The molecule has 7 heteroatoms. The number of nitrogen functional groups attached to an aromatic ring is 1. The molecule has 0 fully saturated rings. The van der Waals surface area contributed by atoms with Crippen molar-refractivity contribution in [1.29, 1.82) is 0 Å². The maximum Gasteiger partial charge on any atom is 0.406 e. The molecule has 0 bridgehead atoms. The minimum atomic E-state index is -4.42. The van der Waals surface area contributed by atoms with Crippen LogP contribution in [0, 0.1) is 0 Å². The molecule has 3 nitrogen and oxygen atoms in total. The summed E-state index contributed by atoms with van der Waals surface area (Å²) in [5.41, 5.74) is 5.88. The summed E-state index contributed by atoms with van der Waals surface area (Å²) in [6.07, 6.45) is -3.98. The summed E-state index contributed by atoms with van der Waals surface area (Å²) in [6, 6.07) is 4.53. The zero-order valence-corrected chi connectivity index (χ0v) is 11.9. The maximum absolute atomic E-state index is 12.5. The highest BCUT2D eigenvalue weighted by Crippen LogP contribution is 2.23. The Morgan fingerprint density at radius 1 is 1.42 bits per heavy atom. The Morgan fingerprint density at radius 2 is 2.05 bits per heavy atom. The van der Waals surface area contributed by atoms with Crippen LogP contribution in [0.5, 0.6) is 0 Å². The second-order valence-corrected chi connectivity index (χ2v) is 4.99. The van der Waals surface area contributed by atoms with Crippen LogP contribution in [0.1, 0.15) is 23.7 Å². The van der Waals surface area contributed by atoms with E-state index in [1.807, 2.05) is 0 Å². The highest BCUT2D eigenvalue weighted by Gasteiger charge is 2.33. The van der Waals surface area contributed by atoms with Gasteiger partial charge in [0.1, 0.15) is 6.54 Å². The van der Waals surface area contributed by atoms with Crippen LogP contribution in [0.15, 0.2) is 22.7 Å². The normalized spacial score (nSPS) is 11.4. The third kappa shape index (κ3) is 4.74. The van der Waals surface area contributed by atoms with Crippen molar-refractivity contribution in [3.8, 4) is 0 Å². The maximum atomic E-state index is 12.5. The van der Waals surface area contributed by atoms with Crippen LogP contribution in [0.2, 0.25) is 0 Å². The summed E-state index contributed by atoms with van der Waals surface area (Å²) < 4.78 is 37.9. The minimum absolute atomic E-state index is 0.0320. The second-order valence-electron chi connectivity index (χ2n) is 4.07. The van der Waals surface area contributed by atoms with Gasteiger partial charge in [-0.05, 0) is 24.6 Å². The van der Waals surface area contributed by atoms with Crippen molar-refractivity contribution in [2.45, 2.75) is 19.5 Å². The van der Waals surface area contributed by atoms with Gasteiger partial charge >= 0.3 is 6.18 Å². The summed E-state index contributed by atoms with van der Waals surface area (Å²) >= 11 is 3.17. The molecule has 1 amide bonds. The second kappa shape index (κ2) is 6.27. The number of nitrogens with zero attached hydrogens (tertiary/aromatic N) is 1. The lowest BCUT2D eigenvalue weighted by molar-refractivity contribution is -0.140. The molecule has 0 aromatic heterocycles. The van der Waals surface area contributed by atoms with Crippen molar-refractivity contribution in [3.63, 3.8) is 0 Å². The Labute approximate surface area is 117 Å². The molecule has 2 N–H and O–H groups in total. The Bertz CT molecular complexity index is 463. The molecule has 1 rings (SSSR count). The first kappa shape index (κ1) is 15.8. The SMILES string of the molecule is CCCN(CC(F)(F)F)C(=O)c1cc(Br)ccc1N. The molecule has 0 saturated heterocycles. The van der Waals surface area contributed by atoms with Crippen molar-refractivity contribution < 1.29 is 18.0 Å². The third-order valence-corrected chi connectivity index (χ3v) is 2.89. The Morgan fingerprint density at radius 3 is 2.58 bits per heavy atom. The van der Waals surface area contributed by atoms with Gasteiger partial charge in [-0.25, -0.2) is 0 Å². The van der Waals surface area contributed by atoms with Gasteiger partial charge in [0.25, 0.3) is 5.91 Å². The molecule has 19 heavy (non-hydrogen) atoms. The Balaban J connectivity index is 3.02. The van der Waals surface area contributed by atoms with E-state index in [1.54, 1.807) is 13.0 Å². The fraction of sp³-hybridized carbons (Fsp3) is 0.417. The lowest BCUT2D eigenvalue weighted by atomic mass is 10.1. The molecule has 0 aliphatic rings. The molecular formula is C12H14BrF3N2O. The molecule has 0 atom stereocenters. The molecule has 0 aliphatic heterocycles. The van der Waals surface area contributed by atoms with Crippen LogP contribution < -0.4 is 5.73 Å². The van der Waals surface area contributed by atoms with Crippen LogP contribution in [0.25, 0.3) is 0 Å². The summed E-state index contributed by atoms with van der Waals surface area (Å²) in [5.74, 6) is -0.710. The first-order valence-electron chi connectivity index (χ1n) is 5.65. The molecule has 0 unspecified atom stereocenters. The molecule has 0 radical (unpaired) electrons. The van der Waals surface area contributed by atoms with Crippen molar-refractivity contribution in [3.05, 3.63) is 28.2 Å². The number of hydrogen-bond donors (Lipinski definition) is 1. The van der Waals surface area contributed by atoms with E-state index in [0.29, 0.717) is 10.9 Å². The van der Waals surface area contributed by atoms with Crippen molar-refractivity contribution in [2.75, 3.05) is 18.8 Å². The van der Waals surface area contributed by atoms with Gasteiger partial charge in [-0.3, -0.25) is 4.79 Å². The van der Waals surface area contributed by atoms with Gasteiger partial charge < -0.3 is 10.6 Å². The summed E-state index contributed by atoms with van der Waals surface area (Å²) in [7, 11) is 0. The first-order chi connectivity index (χ1) is 8.74. The number of nitrogens with two attached hydrogens (primary N) is 1. The molecule has 106 valence electrons. The molecular weight excluding hydrogens is 325 g/mol. The molecule has 0 spiro atoms. The van der Waals surface area contributed by atoms with E-state index >= 15 is 0 Å². The summed E-state index contributed by atoms with van der Waals surface area (Å²) in [5, 5.41) is 0. The Hall–Kier alpha value is -1.24. The van der Waals surface area contributed by atoms with Gasteiger partial charge in [0.2, 0.25) is 0 Å². The van der Waals surface area contributed by atoms with Crippen LogP contribution >= 0.6 is 15.9 Å². The zero-order chi connectivity index (χ0) is 14.6. The van der Waals surface area contributed by atoms with E-state index in [4.69, 9.17) is 5.73 Å². The van der Waals surface area contributed by atoms with Gasteiger partial charge in [0.05, 0.1) is 5.56 Å². The van der Waals surface area contributed by atoms with Gasteiger partial charge in [0.15, 0.2) is 0 Å². The third-order valence-electron chi connectivity index (χ3n) is 2.40. The average molecular weight is 339 g/mol. The smallest absolute Gasteiger partial charge is 0.398 e. The van der Waals surface area contributed by atoms with Gasteiger partial charge in [-0.1, -0.05) is 22.9 Å². The number of carbonyl (C=O) groups is 1. The fourth-order valence-electron chi connectivity index (χ4n) is 1.62. The minimum Gasteiger partial charge on any atom is -0.398 e. The molecule has 0 saturated carbocycles. The number of carbonyl (C=O) groups excluding carboxylic acids is 1. The van der Waals surface area contributed by atoms with E-state index in [9.17, 15) is 18.0 Å². The summed E-state index contributed by atoms with van der Waals surface area (Å²) in [4.78, 5) is 12.9. The predicted octanol–water partition coefficient (Wildman–Crippen LogP) is 3.45. The number of benzene rings is 1. The van der Waals surface area contributed by atoms with Crippen LogP contribution in [0.3, 0.4) is 0 Å². The molecule has 1 aromatic rings. The highest BCUT2D eigenvalue weighted by molar-refractivity contribution is 9.10. The fourth-order valence-corrected chi connectivity index (χ4v) is 1.98. The van der Waals surface area contributed by atoms with Crippen LogP contribution in [-0.4, -0.2) is 30.1 Å². The van der Waals surface area contributed by atoms with Gasteiger partial charge in [-0.2, -0.15) is 13.2 Å². The lowest BCUT2D eigenvalue weighted by Gasteiger charge is -2.24. The lowest BCUT2D eigenvalue weighted by Crippen LogP contribution is -2.39. The molecule has 1 aromatic carbocycles. The van der Waals surface area contributed by atoms with Crippen molar-refractivity contribution >= 4 is 27.5 Å². The number of rotatable bonds is 4. The summed E-state index contributed by atoms with van der Waals surface area (Å²) in [6.45, 7) is 0.469. The Kier molecular flexibility index (Phi) is 5.22. The zero-order valence-electron chi connectivity index (χ0n) is 10.3. The predicted molar refractivity (Wildman–Crippen MR) is 70.8 cm³/mol. The van der Waals surface area contributed by atoms with E-state index in [0.717, 1.165) is 4.90 Å². The van der Waals surface area contributed by atoms with Gasteiger partial charge in [0, 0.05) is 16.7 Å². The number of hydrogen-bond acceptors (Lipinski definition) is 2. The van der Waals surface area contributed by atoms with E-state index in [-0.39, 0.29) is 17.8 Å². The van der Waals surface area contributed by atoms with E-state index in [2.05, 4.69) is 15.9 Å². The van der Waals surface area contributed by atoms with Crippen LogP contribution in [0.4, 0.5) is 18.9 Å². The van der Waals surface area contributed by atoms with E-state index < -0.39 is 18.6 Å². The quantitative estimate of drug-likeness (QED) is 0.854.